The van der Waals surface area contributed by atoms with Gasteiger partial charge < -0.3 is 0 Å². The summed E-state index contributed by atoms with van der Waals surface area (Å²) in [5, 5.41) is 11.0. The van der Waals surface area contributed by atoms with Crippen LogP contribution in [0.2, 0.25) is 0 Å². The van der Waals surface area contributed by atoms with E-state index in [0.29, 0.717) is 17.7 Å². The second kappa shape index (κ2) is 6.95. The van der Waals surface area contributed by atoms with Gasteiger partial charge in [0.2, 0.25) is 0 Å². The molecule has 0 aliphatic carbocycles. The predicted molar refractivity (Wildman–Crippen MR) is 84.9 cm³/mol. The van der Waals surface area contributed by atoms with Gasteiger partial charge in [-0.15, -0.1) is 0 Å². The summed E-state index contributed by atoms with van der Waals surface area (Å²) in [6.45, 7) is 2.54. The zero-order valence-corrected chi connectivity index (χ0v) is 12.7. The number of nitrogens with zero attached hydrogens (tertiary/aromatic N) is 2. The molecule has 2 aromatic rings. The number of hydrogen-bond donors (Lipinski definition) is 0. The van der Waals surface area contributed by atoms with Gasteiger partial charge in [0.05, 0.1) is 11.5 Å². The molecule has 0 radical (unpaired) electrons. The first-order valence-electron chi connectivity index (χ1n) is 6.98. The molecule has 114 valence electrons. The largest absolute Gasteiger partial charge is 0.294 e. The molecule has 22 heavy (non-hydrogen) atoms. The highest BCUT2D eigenvalue weighted by molar-refractivity contribution is 5.97. The maximum Gasteiger partial charge on any atom is 0.273 e. The van der Waals surface area contributed by atoms with Crippen molar-refractivity contribution >= 4 is 11.5 Å². The smallest absolute Gasteiger partial charge is 0.273 e. The first-order chi connectivity index (χ1) is 10.5. The monoisotopic (exact) mass is 298 g/mol. The molecule has 5 heteroatoms. The molecular formula is C17H18N2O3. The topological polar surface area (TPSA) is 63.5 Å². The van der Waals surface area contributed by atoms with Crippen LogP contribution in [0.3, 0.4) is 0 Å². The molecule has 0 fully saturated rings. The quantitative estimate of drug-likeness (QED) is 0.466. The molecule has 0 N–H and O–H groups in total. The number of aryl methyl sites for hydroxylation is 1. The number of likely N-dealkylation sites (N-methyl/N-ethyl adjacent to an activating group) is 1. The van der Waals surface area contributed by atoms with E-state index in [9.17, 15) is 14.9 Å². The fourth-order valence-corrected chi connectivity index (χ4v) is 2.25. The van der Waals surface area contributed by atoms with Crippen molar-refractivity contribution in [3.63, 3.8) is 0 Å². The Hall–Kier alpha value is -2.53. The Bertz CT molecular complexity index is 681. The van der Waals surface area contributed by atoms with Crippen molar-refractivity contribution in [1.29, 1.82) is 0 Å². The molecule has 0 aliphatic heterocycles. The molecule has 2 aromatic carbocycles. The van der Waals surface area contributed by atoms with Crippen molar-refractivity contribution in [2.75, 3.05) is 13.6 Å². The highest BCUT2D eigenvalue weighted by Crippen LogP contribution is 2.19. The van der Waals surface area contributed by atoms with Crippen LogP contribution in [0.15, 0.2) is 48.5 Å². The van der Waals surface area contributed by atoms with Crippen LogP contribution in [0.25, 0.3) is 0 Å². The van der Waals surface area contributed by atoms with Gasteiger partial charge in [0.1, 0.15) is 0 Å². The van der Waals surface area contributed by atoms with Crippen LogP contribution >= 0.6 is 0 Å². The van der Waals surface area contributed by atoms with Gasteiger partial charge in [0.25, 0.3) is 5.69 Å². The van der Waals surface area contributed by atoms with Crippen molar-refractivity contribution in [2.24, 2.45) is 0 Å². The van der Waals surface area contributed by atoms with Crippen molar-refractivity contribution in [3.05, 3.63) is 75.3 Å². The minimum Gasteiger partial charge on any atom is -0.294 e. The molecule has 0 saturated carbocycles. The zero-order chi connectivity index (χ0) is 16.1. The molecule has 0 unspecified atom stereocenters. The number of rotatable bonds is 6. The number of carbonyl (C=O) groups is 1. The maximum absolute atomic E-state index is 12.2. The number of nitro benzene ring substituents is 1. The molecule has 0 aromatic heterocycles. The number of Topliss-reactive ketones (excluding diaryl/α,β-unsaturated/α-hetero) is 1. The van der Waals surface area contributed by atoms with Gasteiger partial charge >= 0.3 is 0 Å². The van der Waals surface area contributed by atoms with Gasteiger partial charge in [0, 0.05) is 23.7 Å². The van der Waals surface area contributed by atoms with E-state index in [1.54, 1.807) is 42.3 Å². The Morgan fingerprint density at radius 2 is 1.77 bits per heavy atom. The molecule has 0 bridgehead atoms. The third-order valence-corrected chi connectivity index (χ3v) is 3.42. The number of carbonyl (C=O) groups excluding carboxylic acids is 1. The second-order valence-electron chi connectivity index (χ2n) is 5.35. The molecule has 0 spiro atoms. The molecule has 0 atom stereocenters. The van der Waals surface area contributed by atoms with E-state index in [1.165, 1.54) is 6.07 Å². The lowest BCUT2D eigenvalue weighted by atomic mass is 10.1. The minimum absolute atomic E-state index is 0.00100. The van der Waals surface area contributed by atoms with Gasteiger partial charge in [-0.25, -0.2) is 0 Å². The fourth-order valence-electron chi connectivity index (χ4n) is 2.25. The Morgan fingerprint density at radius 1 is 1.14 bits per heavy atom. The summed E-state index contributed by atoms with van der Waals surface area (Å²) in [6, 6.07) is 14.0. The van der Waals surface area contributed by atoms with Crippen LogP contribution in [0.1, 0.15) is 21.5 Å². The molecule has 0 aliphatic rings. The van der Waals surface area contributed by atoms with Crippen LogP contribution in [-0.2, 0) is 6.54 Å². The lowest BCUT2D eigenvalue weighted by Crippen LogP contribution is -2.26. The van der Waals surface area contributed by atoms with Gasteiger partial charge in [-0.05, 0) is 14.0 Å². The minimum atomic E-state index is -0.398. The summed E-state index contributed by atoms with van der Waals surface area (Å²) in [7, 11) is 1.78. The molecular weight excluding hydrogens is 280 g/mol. The van der Waals surface area contributed by atoms with Gasteiger partial charge in [-0.3, -0.25) is 19.8 Å². The first kappa shape index (κ1) is 15.9. The number of ketones is 1. The zero-order valence-electron chi connectivity index (χ0n) is 12.7. The van der Waals surface area contributed by atoms with Crippen molar-refractivity contribution in [2.45, 2.75) is 13.5 Å². The molecule has 0 heterocycles. The maximum atomic E-state index is 12.2. The summed E-state index contributed by atoms with van der Waals surface area (Å²) >= 11 is 0. The highest BCUT2D eigenvalue weighted by Gasteiger charge is 2.16. The van der Waals surface area contributed by atoms with Crippen molar-refractivity contribution < 1.29 is 9.72 Å². The SMILES string of the molecule is Cc1ccc(C(=O)CN(C)Cc2ccccc2[N+](=O)[O-])cc1. The Balaban J connectivity index is 2.04. The fraction of sp³-hybridized carbons (Fsp3) is 0.235. The van der Waals surface area contributed by atoms with Crippen LogP contribution in [-0.4, -0.2) is 29.2 Å². The second-order valence-corrected chi connectivity index (χ2v) is 5.35. The van der Waals surface area contributed by atoms with Crippen LogP contribution in [0.4, 0.5) is 5.69 Å². The van der Waals surface area contributed by atoms with Crippen LogP contribution < -0.4 is 0 Å². The lowest BCUT2D eigenvalue weighted by molar-refractivity contribution is -0.385. The Kier molecular flexibility index (Phi) is 5.01. The number of para-hydroxylation sites is 1. The Labute approximate surface area is 129 Å². The highest BCUT2D eigenvalue weighted by atomic mass is 16.6. The summed E-state index contributed by atoms with van der Waals surface area (Å²) in [6.07, 6.45) is 0. The Morgan fingerprint density at radius 3 is 2.41 bits per heavy atom. The molecule has 0 amide bonds. The summed E-state index contributed by atoms with van der Waals surface area (Å²) in [5.41, 5.74) is 2.44. The lowest BCUT2D eigenvalue weighted by Gasteiger charge is -2.16. The average molecular weight is 298 g/mol. The van der Waals surface area contributed by atoms with E-state index in [2.05, 4.69) is 0 Å². The number of benzene rings is 2. The third kappa shape index (κ3) is 3.99. The number of nitro groups is 1. The summed E-state index contributed by atoms with van der Waals surface area (Å²) < 4.78 is 0. The standard InChI is InChI=1S/C17H18N2O3/c1-13-7-9-14(10-8-13)17(20)12-18(2)11-15-5-3-4-6-16(15)19(21)22/h3-10H,11-12H2,1-2H3. The van der Waals surface area contributed by atoms with Crippen LogP contribution in [0.5, 0.6) is 0 Å². The summed E-state index contributed by atoms with van der Waals surface area (Å²) in [4.78, 5) is 24.6. The number of hydrogen-bond acceptors (Lipinski definition) is 4. The molecule has 5 nitrogen and oxygen atoms in total. The van der Waals surface area contributed by atoms with E-state index >= 15 is 0 Å². The predicted octanol–water partition coefficient (Wildman–Crippen LogP) is 3.22. The van der Waals surface area contributed by atoms with E-state index in [-0.39, 0.29) is 18.0 Å². The van der Waals surface area contributed by atoms with E-state index < -0.39 is 4.92 Å². The van der Waals surface area contributed by atoms with E-state index in [0.717, 1.165) is 5.56 Å². The molecule has 2 rings (SSSR count). The van der Waals surface area contributed by atoms with Gasteiger partial charge in [-0.2, -0.15) is 0 Å². The van der Waals surface area contributed by atoms with E-state index in [4.69, 9.17) is 0 Å². The van der Waals surface area contributed by atoms with E-state index in [1.807, 2.05) is 19.1 Å². The third-order valence-electron chi connectivity index (χ3n) is 3.42. The van der Waals surface area contributed by atoms with Crippen molar-refractivity contribution in [1.82, 2.24) is 4.90 Å². The van der Waals surface area contributed by atoms with Crippen LogP contribution in [0, 0.1) is 17.0 Å². The summed E-state index contributed by atoms with van der Waals surface area (Å²) in [5.74, 6) is 0.00100. The van der Waals surface area contributed by atoms with Crippen molar-refractivity contribution in [3.8, 4) is 0 Å². The molecule has 0 saturated heterocycles. The van der Waals surface area contributed by atoms with Gasteiger partial charge in [0.15, 0.2) is 5.78 Å². The van der Waals surface area contributed by atoms with Gasteiger partial charge in [-0.1, -0.05) is 48.0 Å². The first-order valence-corrected chi connectivity index (χ1v) is 6.98. The average Bonchev–Trinajstić information content (AvgIpc) is 2.48. The normalized spacial score (nSPS) is 10.7.